The zero-order chi connectivity index (χ0) is 20.9. The van der Waals surface area contributed by atoms with E-state index >= 15 is 0 Å². The number of rotatable bonds is 10. The van der Waals surface area contributed by atoms with Gasteiger partial charge in [0, 0.05) is 12.4 Å². The molecule has 1 heterocycles. The summed E-state index contributed by atoms with van der Waals surface area (Å²) in [5, 5.41) is 37.2. The SMILES string of the molecule is COC(=S)C(CC(=O)[O-])c1nc2ccccc2s1.OCC[NH+](CCO)CCO. The molecule has 0 aliphatic heterocycles. The number of aliphatic hydroxyl groups excluding tert-OH is 3. The molecule has 2 aromatic rings. The molecule has 28 heavy (non-hydrogen) atoms. The zero-order valence-electron chi connectivity index (χ0n) is 15.7. The minimum Gasteiger partial charge on any atom is -0.550 e. The van der Waals surface area contributed by atoms with Gasteiger partial charge in [-0.15, -0.1) is 11.3 Å². The van der Waals surface area contributed by atoms with E-state index in [1.165, 1.54) is 18.4 Å². The Morgan fingerprint density at radius 3 is 2.25 bits per heavy atom. The first-order valence-corrected chi connectivity index (χ1v) is 9.98. The van der Waals surface area contributed by atoms with Crippen LogP contribution in [-0.2, 0) is 9.53 Å². The van der Waals surface area contributed by atoms with Crippen molar-refractivity contribution in [1.82, 2.24) is 4.98 Å². The van der Waals surface area contributed by atoms with Crippen molar-refractivity contribution in [1.29, 1.82) is 0 Å². The molecule has 10 heteroatoms. The summed E-state index contributed by atoms with van der Waals surface area (Å²) in [6.45, 7) is 2.11. The number of para-hydroxylation sites is 1. The molecule has 0 fully saturated rings. The van der Waals surface area contributed by atoms with Gasteiger partial charge in [-0.25, -0.2) is 4.98 Å². The third kappa shape index (κ3) is 8.13. The van der Waals surface area contributed by atoms with Crippen LogP contribution in [0.4, 0.5) is 0 Å². The van der Waals surface area contributed by atoms with Crippen LogP contribution in [0.3, 0.4) is 0 Å². The average Bonchev–Trinajstić information content (AvgIpc) is 3.10. The number of thiocarbonyl (C=S) groups is 1. The van der Waals surface area contributed by atoms with Gasteiger partial charge in [0.2, 0.25) is 0 Å². The Balaban J connectivity index is 0.000000336. The predicted octanol–water partition coefficient (Wildman–Crippen LogP) is -1.66. The molecule has 8 nitrogen and oxygen atoms in total. The standard InChI is InChI=1S/C12H11NO3S2.C6H15NO3/c1-16-12(17)7(6-10(14)15)11-13-8-4-2-3-5-9(8)18-11;8-4-1-7(2-5-9)3-6-10/h2-5,7H,6H2,1H3,(H,14,15);8-10H,1-6H2. The van der Waals surface area contributed by atoms with E-state index in [1.54, 1.807) is 0 Å². The number of methoxy groups -OCH3 is 1. The summed E-state index contributed by atoms with van der Waals surface area (Å²) < 4.78 is 5.97. The fourth-order valence-electron chi connectivity index (χ4n) is 2.47. The van der Waals surface area contributed by atoms with Gasteiger partial charge < -0.3 is 34.9 Å². The summed E-state index contributed by atoms with van der Waals surface area (Å²) in [5.41, 5.74) is 0.833. The highest BCUT2D eigenvalue weighted by Crippen LogP contribution is 2.30. The molecular formula is C18H26N2O6S2. The van der Waals surface area contributed by atoms with Gasteiger partial charge in [-0.05, 0) is 24.4 Å². The number of carboxylic acid groups (broad SMARTS) is 1. The molecule has 1 aromatic heterocycles. The Morgan fingerprint density at radius 1 is 1.21 bits per heavy atom. The maximum Gasteiger partial charge on any atom is 0.169 e. The largest absolute Gasteiger partial charge is 0.550 e. The smallest absolute Gasteiger partial charge is 0.169 e. The number of fused-ring (bicyclic) bond motifs is 1. The van der Waals surface area contributed by atoms with Gasteiger partial charge in [-0.2, -0.15) is 0 Å². The second kappa shape index (κ2) is 13.5. The number of nitrogens with one attached hydrogen (secondary N) is 1. The highest BCUT2D eigenvalue weighted by Gasteiger charge is 2.22. The molecule has 0 aliphatic carbocycles. The number of benzene rings is 1. The fourth-order valence-corrected chi connectivity index (χ4v) is 3.81. The molecule has 0 amide bonds. The van der Waals surface area contributed by atoms with Crippen molar-refractivity contribution in [3.63, 3.8) is 0 Å². The van der Waals surface area contributed by atoms with Crippen LogP contribution in [0.2, 0.25) is 0 Å². The Kier molecular flexibility index (Phi) is 11.7. The first-order chi connectivity index (χ1) is 13.5. The Bertz CT molecular complexity index is 692. The first-order valence-electron chi connectivity index (χ1n) is 8.76. The van der Waals surface area contributed by atoms with Gasteiger partial charge in [0.05, 0.1) is 43.1 Å². The van der Waals surface area contributed by atoms with Crippen molar-refractivity contribution in [3.05, 3.63) is 29.3 Å². The molecule has 0 radical (unpaired) electrons. The number of aliphatic hydroxyl groups is 3. The van der Waals surface area contributed by atoms with Crippen molar-refractivity contribution in [2.75, 3.05) is 46.6 Å². The normalized spacial score (nSPS) is 11.8. The number of hydrogen-bond acceptors (Lipinski definition) is 9. The van der Waals surface area contributed by atoms with Crippen LogP contribution in [0.5, 0.6) is 0 Å². The number of thiazole rings is 1. The molecular weight excluding hydrogens is 404 g/mol. The molecule has 156 valence electrons. The van der Waals surface area contributed by atoms with Gasteiger partial charge in [0.1, 0.15) is 24.6 Å². The van der Waals surface area contributed by atoms with E-state index in [-0.39, 0.29) is 31.3 Å². The molecule has 0 spiro atoms. The van der Waals surface area contributed by atoms with E-state index in [1.807, 2.05) is 24.3 Å². The molecule has 1 unspecified atom stereocenters. The van der Waals surface area contributed by atoms with Gasteiger partial charge in [0.15, 0.2) is 5.05 Å². The summed E-state index contributed by atoms with van der Waals surface area (Å²) in [6, 6.07) is 7.60. The third-order valence-electron chi connectivity index (χ3n) is 3.86. The summed E-state index contributed by atoms with van der Waals surface area (Å²) in [4.78, 5) is 16.2. The molecule has 0 aliphatic rings. The number of carbonyl (C=O) groups excluding carboxylic acids is 1. The molecule has 0 bridgehead atoms. The Hall–Kier alpha value is -1.69. The Morgan fingerprint density at radius 2 is 1.79 bits per heavy atom. The average molecular weight is 431 g/mol. The number of aromatic nitrogens is 1. The van der Waals surface area contributed by atoms with Crippen molar-refractivity contribution in [2.45, 2.75) is 12.3 Å². The Labute approximate surface area is 173 Å². The minimum atomic E-state index is -1.17. The summed E-state index contributed by atoms with van der Waals surface area (Å²) >= 11 is 6.46. The van der Waals surface area contributed by atoms with Crippen LogP contribution in [0.1, 0.15) is 17.3 Å². The monoisotopic (exact) mass is 430 g/mol. The molecule has 1 atom stereocenters. The highest BCUT2D eigenvalue weighted by atomic mass is 32.1. The topological polar surface area (TPSA) is 127 Å². The van der Waals surface area contributed by atoms with E-state index in [0.717, 1.165) is 15.1 Å². The number of hydrogen-bond donors (Lipinski definition) is 4. The first kappa shape index (κ1) is 24.3. The second-order valence-corrected chi connectivity index (χ2v) is 7.31. The van der Waals surface area contributed by atoms with Gasteiger partial charge in [-0.3, -0.25) is 0 Å². The second-order valence-electron chi connectivity index (χ2n) is 5.84. The van der Waals surface area contributed by atoms with E-state index < -0.39 is 11.9 Å². The van der Waals surface area contributed by atoms with Crippen LogP contribution in [-0.4, -0.2) is 77.9 Å². The van der Waals surface area contributed by atoms with Crippen LogP contribution < -0.4 is 10.0 Å². The molecule has 0 saturated heterocycles. The van der Waals surface area contributed by atoms with Gasteiger partial charge in [-0.1, -0.05) is 12.1 Å². The van der Waals surface area contributed by atoms with E-state index in [2.05, 4.69) is 4.98 Å². The zero-order valence-corrected chi connectivity index (χ0v) is 17.3. The fraction of sp³-hybridized carbons (Fsp3) is 0.500. The lowest BCUT2D eigenvalue weighted by Crippen LogP contribution is -3.13. The molecule has 1 aromatic carbocycles. The van der Waals surface area contributed by atoms with Crippen molar-refractivity contribution < 1.29 is 34.9 Å². The minimum absolute atomic E-state index is 0.106. The summed E-state index contributed by atoms with van der Waals surface area (Å²) in [7, 11) is 1.43. The number of ether oxygens (including phenoxy) is 1. The summed E-state index contributed by atoms with van der Waals surface area (Å²) in [5.74, 6) is -1.70. The number of carbonyl (C=O) groups is 1. The lowest BCUT2D eigenvalue weighted by Gasteiger charge is -2.15. The lowest BCUT2D eigenvalue weighted by atomic mass is 10.1. The number of aliphatic carboxylic acids is 1. The number of carboxylic acids is 1. The van der Waals surface area contributed by atoms with E-state index in [4.69, 9.17) is 32.3 Å². The van der Waals surface area contributed by atoms with Crippen molar-refractivity contribution in [2.24, 2.45) is 0 Å². The van der Waals surface area contributed by atoms with Crippen LogP contribution in [0, 0.1) is 0 Å². The van der Waals surface area contributed by atoms with E-state index in [9.17, 15) is 9.90 Å². The maximum absolute atomic E-state index is 10.8. The third-order valence-corrected chi connectivity index (χ3v) is 5.46. The lowest BCUT2D eigenvalue weighted by molar-refractivity contribution is -0.901. The molecule has 4 N–H and O–H groups in total. The molecule has 2 rings (SSSR count). The predicted molar refractivity (Wildman–Crippen MR) is 108 cm³/mol. The number of quaternary nitrogens is 1. The molecule has 0 saturated carbocycles. The number of nitrogens with zero attached hydrogens (tertiary/aromatic N) is 1. The highest BCUT2D eigenvalue weighted by molar-refractivity contribution is 7.80. The van der Waals surface area contributed by atoms with Crippen LogP contribution in [0.25, 0.3) is 10.2 Å². The van der Waals surface area contributed by atoms with Crippen LogP contribution >= 0.6 is 23.6 Å². The van der Waals surface area contributed by atoms with Crippen LogP contribution in [0.15, 0.2) is 24.3 Å². The van der Waals surface area contributed by atoms with Crippen molar-refractivity contribution >= 4 is 44.8 Å². The maximum atomic E-state index is 10.8. The van der Waals surface area contributed by atoms with Crippen molar-refractivity contribution in [3.8, 4) is 0 Å². The van der Waals surface area contributed by atoms with Gasteiger partial charge >= 0.3 is 0 Å². The van der Waals surface area contributed by atoms with E-state index in [0.29, 0.717) is 24.6 Å². The quantitative estimate of drug-likeness (QED) is 0.330. The summed E-state index contributed by atoms with van der Waals surface area (Å²) in [6.07, 6.45) is -0.216. The van der Waals surface area contributed by atoms with Gasteiger partial charge in [0.25, 0.3) is 0 Å².